The Morgan fingerprint density at radius 3 is 2.33 bits per heavy atom. The average molecular weight is 291 g/mol. The minimum absolute atomic E-state index is 0.256. The second-order valence-corrected chi connectivity index (χ2v) is 7.53. The monoisotopic (exact) mass is 291 g/mol. The number of carbonyl (C=O) groups excluding carboxylic acids is 2. The number of carbonyl (C=O) groups is 2. The molecule has 0 aromatic rings. The number of ketones is 1. The Kier molecular flexibility index (Phi) is 4.66. The van der Waals surface area contributed by atoms with Crippen LogP contribution in [0.1, 0.15) is 70.6 Å². The van der Waals surface area contributed by atoms with Crippen LogP contribution in [0.5, 0.6) is 0 Å². The summed E-state index contributed by atoms with van der Waals surface area (Å²) in [4.78, 5) is 26.1. The molecule has 3 saturated carbocycles. The first-order chi connectivity index (χ1) is 10.1. The molecule has 3 fully saturated rings. The van der Waals surface area contributed by atoms with Gasteiger partial charge in [0.25, 0.3) is 0 Å². The molecule has 21 heavy (non-hydrogen) atoms. The highest BCUT2D eigenvalue weighted by Crippen LogP contribution is 2.43. The molecule has 118 valence electrons. The molecule has 0 aliphatic heterocycles. The van der Waals surface area contributed by atoms with E-state index in [4.69, 9.17) is 0 Å². The Morgan fingerprint density at radius 1 is 0.952 bits per heavy atom. The quantitative estimate of drug-likeness (QED) is 0.780. The maximum absolute atomic E-state index is 12.8. The first-order valence-electron chi connectivity index (χ1n) is 8.93. The summed E-state index contributed by atoms with van der Waals surface area (Å²) in [6.45, 7) is 0. The first kappa shape index (κ1) is 15.1. The molecule has 0 aromatic carbocycles. The van der Waals surface area contributed by atoms with E-state index < -0.39 is 0 Å². The van der Waals surface area contributed by atoms with Crippen LogP contribution < -0.4 is 0 Å². The van der Waals surface area contributed by atoms with Crippen molar-refractivity contribution in [1.29, 1.82) is 0 Å². The zero-order valence-electron chi connectivity index (χ0n) is 13.4. The largest absolute Gasteiger partial charge is 0.343 e. The van der Waals surface area contributed by atoms with Crippen LogP contribution in [0.2, 0.25) is 0 Å². The standard InChI is InChI=1S/C18H29NO2/c1-19(16-8-10-17(20)11-9-16)18(21)15-7-6-13-4-2-3-5-14(13)12-15/h13-16H,2-12H2,1H3. The Labute approximate surface area is 128 Å². The van der Waals surface area contributed by atoms with Gasteiger partial charge in [0.2, 0.25) is 5.91 Å². The van der Waals surface area contributed by atoms with Crippen LogP contribution in [0, 0.1) is 17.8 Å². The third-order valence-electron chi connectivity index (χ3n) is 6.30. The van der Waals surface area contributed by atoms with Gasteiger partial charge in [-0.25, -0.2) is 0 Å². The van der Waals surface area contributed by atoms with Gasteiger partial charge >= 0.3 is 0 Å². The summed E-state index contributed by atoms with van der Waals surface area (Å²) in [6.07, 6.45) is 12.1. The molecule has 3 heteroatoms. The van der Waals surface area contributed by atoms with Crippen molar-refractivity contribution in [3.8, 4) is 0 Å². The van der Waals surface area contributed by atoms with Crippen molar-refractivity contribution < 1.29 is 9.59 Å². The van der Waals surface area contributed by atoms with E-state index in [1.807, 2.05) is 11.9 Å². The third-order valence-corrected chi connectivity index (χ3v) is 6.30. The van der Waals surface area contributed by atoms with Gasteiger partial charge in [-0.2, -0.15) is 0 Å². The maximum Gasteiger partial charge on any atom is 0.225 e. The fourth-order valence-corrected chi connectivity index (χ4v) is 4.88. The second kappa shape index (κ2) is 6.50. The molecule has 3 unspecified atom stereocenters. The minimum atomic E-state index is 0.256. The second-order valence-electron chi connectivity index (χ2n) is 7.53. The number of Topliss-reactive ketones (excluding diaryl/α,β-unsaturated/α-hetero) is 1. The van der Waals surface area contributed by atoms with Gasteiger partial charge in [0.1, 0.15) is 5.78 Å². The van der Waals surface area contributed by atoms with Gasteiger partial charge in [0, 0.05) is 31.8 Å². The molecule has 0 radical (unpaired) electrons. The van der Waals surface area contributed by atoms with Crippen molar-refractivity contribution >= 4 is 11.7 Å². The SMILES string of the molecule is CN(C(=O)C1CCC2CCCCC2C1)C1CCC(=O)CC1. The maximum atomic E-state index is 12.8. The lowest BCUT2D eigenvalue weighted by Crippen LogP contribution is -2.44. The third kappa shape index (κ3) is 3.32. The highest BCUT2D eigenvalue weighted by molar-refractivity contribution is 5.81. The molecule has 1 amide bonds. The summed E-state index contributed by atoms with van der Waals surface area (Å²) >= 11 is 0. The van der Waals surface area contributed by atoms with Crippen LogP contribution >= 0.6 is 0 Å². The Bertz CT molecular complexity index is 396. The van der Waals surface area contributed by atoms with Gasteiger partial charge in [-0.1, -0.05) is 25.7 Å². The van der Waals surface area contributed by atoms with E-state index in [2.05, 4.69) is 0 Å². The molecule has 0 heterocycles. The highest BCUT2D eigenvalue weighted by Gasteiger charge is 2.37. The van der Waals surface area contributed by atoms with E-state index in [0.717, 1.165) is 37.5 Å². The molecule has 0 spiro atoms. The van der Waals surface area contributed by atoms with Gasteiger partial charge in [0.15, 0.2) is 0 Å². The fourth-order valence-electron chi connectivity index (χ4n) is 4.88. The number of hydrogen-bond acceptors (Lipinski definition) is 2. The highest BCUT2D eigenvalue weighted by atomic mass is 16.2. The first-order valence-corrected chi connectivity index (χ1v) is 8.93. The molecule has 0 aromatic heterocycles. The fraction of sp³-hybridized carbons (Fsp3) is 0.889. The Balaban J connectivity index is 1.56. The summed E-state index contributed by atoms with van der Waals surface area (Å²) in [6, 6.07) is 0.305. The molecule has 3 aliphatic carbocycles. The molecule has 3 aliphatic rings. The molecule has 3 nitrogen and oxygen atoms in total. The van der Waals surface area contributed by atoms with Crippen LogP contribution in [0.3, 0.4) is 0 Å². The van der Waals surface area contributed by atoms with Gasteiger partial charge < -0.3 is 4.90 Å². The predicted molar refractivity (Wildman–Crippen MR) is 82.8 cm³/mol. The van der Waals surface area contributed by atoms with E-state index >= 15 is 0 Å². The smallest absolute Gasteiger partial charge is 0.225 e. The van der Waals surface area contributed by atoms with E-state index in [9.17, 15) is 9.59 Å². The van der Waals surface area contributed by atoms with Crippen LogP contribution in [0.4, 0.5) is 0 Å². The van der Waals surface area contributed by atoms with Crippen LogP contribution in [0.15, 0.2) is 0 Å². The van der Waals surface area contributed by atoms with Crippen molar-refractivity contribution in [2.24, 2.45) is 17.8 Å². The number of amides is 1. The Morgan fingerprint density at radius 2 is 1.62 bits per heavy atom. The molecular formula is C18H29NO2. The van der Waals surface area contributed by atoms with Crippen molar-refractivity contribution in [3.05, 3.63) is 0 Å². The molecule has 3 rings (SSSR count). The van der Waals surface area contributed by atoms with Crippen molar-refractivity contribution in [1.82, 2.24) is 4.90 Å². The minimum Gasteiger partial charge on any atom is -0.343 e. The Hall–Kier alpha value is -0.860. The predicted octanol–water partition coefficient (Wildman–Crippen LogP) is 3.56. The summed E-state index contributed by atoms with van der Waals surface area (Å²) in [7, 11) is 1.97. The topological polar surface area (TPSA) is 37.4 Å². The zero-order chi connectivity index (χ0) is 14.8. The van der Waals surface area contributed by atoms with Crippen molar-refractivity contribution in [2.45, 2.75) is 76.7 Å². The summed E-state index contributed by atoms with van der Waals surface area (Å²) in [5, 5.41) is 0. The number of nitrogens with zero attached hydrogens (tertiary/aromatic N) is 1. The van der Waals surface area contributed by atoms with Gasteiger partial charge in [-0.15, -0.1) is 0 Å². The number of rotatable bonds is 2. The van der Waals surface area contributed by atoms with Gasteiger partial charge in [0.05, 0.1) is 0 Å². The lowest BCUT2D eigenvalue weighted by Gasteiger charge is -2.41. The molecule has 3 atom stereocenters. The van der Waals surface area contributed by atoms with Crippen molar-refractivity contribution in [2.75, 3.05) is 7.05 Å². The molecule has 0 bridgehead atoms. The average Bonchev–Trinajstić information content (AvgIpc) is 2.54. The summed E-state index contributed by atoms with van der Waals surface area (Å²) in [5.41, 5.74) is 0. The van der Waals surface area contributed by atoms with E-state index in [1.54, 1.807) is 0 Å². The summed E-state index contributed by atoms with van der Waals surface area (Å²) in [5.74, 6) is 2.70. The van der Waals surface area contributed by atoms with Gasteiger partial charge in [-0.3, -0.25) is 9.59 Å². The van der Waals surface area contributed by atoms with E-state index in [-0.39, 0.29) is 5.92 Å². The van der Waals surface area contributed by atoms with E-state index in [0.29, 0.717) is 30.6 Å². The van der Waals surface area contributed by atoms with E-state index in [1.165, 1.54) is 32.1 Å². The van der Waals surface area contributed by atoms with Crippen LogP contribution in [-0.2, 0) is 9.59 Å². The number of fused-ring (bicyclic) bond motifs is 1. The lowest BCUT2D eigenvalue weighted by atomic mass is 9.67. The number of hydrogen-bond donors (Lipinski definition) is 0. The lowest BCUT2D eigenvalue weighted by molar-refractivity contribution is -0.140. The molecular weight excluding hydrogens is 262 g/mol. The van der Waals surface area contributed by atoms with Crippen molar-refractivity contribution in [3.63, 3.8) is 0 Å². The summed E-state index contributed by atoms with van der Waals surface area (Å²) < 4.78 is 0. The zero-order valence-corrected chi connectivity index (χ0v) is 13.4. The van der Waals surface area contributed by atoms with Gasteiger partial charge in [-0.05, 0) is 43.9 Å². The van der Waals surface area contributed by atoms with Crippen LogP contribution in [0.25, 0.3) is 0 Å². The molecule has 0 saturated heterocycles. The van der Waals surface area contributed by atoms with Crippen LogP contribution in [-0.4, -0.2) is 29.7 Å². The normalized spacial score (nSPS) is 34.3. The molecule has 0 N–H and O–H groups in total.